The molecular formula is C31H33FN2O5. The summed E-state index contributed by atoms with van der Waals surface area (Å²) < 4.78 is 35.6. The van der Waals surface area contributed by atoms with Crippen LogP contribution in [-0.4, -0.2) is 38.7 Å². The molecule has 4 rings (SSSR count). The molecule has 39 heavy (non-hydrogen) atoms. The van der Waals surface area contributed by atoms with E-state index in [9.17, 15) is 9.18 Å². The first kappa shape index (κ1) is 27.7. The van der Waals surface area contributed by atoms with E-state index in [0.29, 0.717) is 49.9 Å². The predicted molar refractivity (Wildman–Crippen MR) is 147 cm³/mol. The molecule has 1 amide bonds. The van der Waals surface area contributed by atoms with Crippen molar-refractivity contribution in [3.63, 3.8) is 0 Å². The van der Waals surface area contributed by atoms with Crippen molar-refractivity contribution in [1.29, 1.82) is 0 Å². The Kier molecular flexibility index (Phi) is 9.58. The van der Waals surface area contributed by atoms with Crippen LogP contribution in [0, 0.1) is 5.82 Å². The van der Waals surface area contributed by atoms with Crippen LogP contribution in [0.25, 0.3) is 0 Å². The third-order valence-electron chi connectivity index (χ3n) is 6.27. The van der Waals surface area contributed by atoms with Gasteiger partial charge in [0.15, 0.2) is 17.3 Å². The number of carbonyl (C=O) groups is 1. The van der Waals surface area contributed by atoms with E-state index in [2.05, 4.69) is 10.2 Å². The fraction of sp³-hybridized carbons (Fsp3) is 0.258. The summed E-state index contributed by atoms with van der Waals surface area (Å²) in [6.45, 7) is 2.00. The molecule has 0 aliphatic rings. The van der Waals surface area contributed by atoms with E-state index < -0.39 is 0 Å². The maximum atomic E-state index is 13.8. The van der Waals surface area contributed by atoms with Gasteiger partial charge in [0.05, 0.1) is 27.9 Å². The molecule has 0 spiro atoms. The summed E-state index contributed by atoms with van der Waals surface area (Å²) in [4.78, 5) is 14.9. The van der Waals surface area contributed by atoms with Gasteiger partial charge in [0, 0.05) is 19.6 Å². The van der Waals surface area contributed by atoms with Crippen molar-refractivity contribution < 1.29 is 27.8 Å². The average molecular weight is 533 g/mol. The maximum absolute atomic E-state index is 13.8. The lowest BCUT2D eigenvalue weighted by molar-refractivity contribution is 0.0922. The van der Waals surface area contributed by atoms with Gasteiger partial charge in [0.1, 0.15) is 17.3 Å². The Hall–Kier alpha value is -4.30. The van der Waals surface area contributed by atoms with Crippen molar-refractivity contribution in [1.82, 2.24) is 10.2 Å². The van der Waals surface area contributed by atoms with Crippen molar-refractivity contribution in [2.75, 3.05) is 27.9 Å². The Bertz CT molecular complexity index is 1370. The lowest BCUT2D eigenvalue weighted by atomic mass is 10.1. The number of nitrogens with one attached hydrogen (secondary N) is 1. The fourth-order valence-electron chi connectivity index (χ4n) is 4.30. The second-order valence-corrected chi connectivity index (χ2v) is 9.08. The second-order valence-electron chi connectivity index (χ2n) is 9.08. The van der Waals surface area contributed by atoms with Crippen molar-refractivity contribution >= 4 is 5.91 Å². The van der Waals surface area contributed by atoms with Crippen molar-refractivity contribution in [3.8, 4) is 17.2 Å². The van der Waals surface area contributed by atoms with E-state index in [-0.39, 0.29) is 17.5 Å². The van der Waals surface area contributed by atoms with E-state index in [4.69, 9.17) is 18.6 Å². The first-order valence-corrected chi connectivity index (χ1v) is 12.6. The first-order chi connectivity index (χ1) is 19.0. The molecular weight excluding hydrogens is 499 g/mol. The molecule has 0 fully saturated rings. The van der Waals surface area contributed by atoms with Gasteiger partial charge in [-0.05, 0) is 71.6 Å². The van der Waals surface area contributed by atoms with Crippen LogP contribution < -0.4 is 19.5 Å². The molecule has 0 bridgehead atoms. The summed E-state index contributed by atoms with van der Waals surface area (Å²) in [5.74, 6) is 2.41. The van der Waals surface area contributed by atoms with Gasteiger partial charge in [-0.25, -0.2) is 4.39 Å². The molecule has 0 aliphatic carbocycles. The van der Waals surface area contributed by atoms with Crippen LogP contribution in [0.15, 0.2) is 83.3 Å². The highest BCUT2D eigenvalue weighted by molar-refractivity contribution is 5.91. The van der Waals surface area contributed by atoms with Crippen LogP contribution in [0.1, 0.15) is 33.0 Å². The Morgan fingerprint density at radius 2 is 1.54 bits per heavy atom. The molecule has 204 valence electrons. The Morgan fingerprint density at radius 3 is 2.26 bits per heavy atom. The molecule has 0 aliphatic heterocycles. The zero-order valence-electron chi connectivity index (χ0n) is 22.4. The molecule has 0 atom stereocenters. The minimum Gasteiger partial charge on any atom is -0.497 e. The van der Waals surface area contributed by atoms with Crippen LogP contribution in [0.2, 0.25) is 0 Å². The van der Waals surface area contributed by atoms with Crippen molar-refractivity contribution in [2.24, 2.45) is 0 Å². The average Bonchev–Trinajstić information content (AvgIpc) is 3.42. The van der Waals surface area contributed by atoms with Crippen molar-refractivity contribution in [3.05, 3.63) is 113 Å². The van der Waals surface area contributed by atoms with Crippen LogP contribution in [0.4, 0.5) is 4.39 Å². The smallest absolute Gasteiger partial charge is 0.287 e. The van der Waals surface area contributed by atoms with E-state index in [1.165, 1.54) is 12.1 Å². The Balaban J connectivity index is 1.38. The van der Waals surface area contributed by atoms with Gasteiger partial charge in [0.25, 0.3) is 5.91 Å². The molecule has 1 heterocycles. The number of methoxy groups -OCH3 is 3. The number of rotatable bonds is 13. The fourth-order valence-corrected chi connectivity index (χ4v) is 4.30. The number of benzene rings is 3. The summed E-state index contributed by atoms with van der Waals surface area (Å²) in [6.07, 6.45) is 0.628. The monoisotopic (exact) mass is 532 g/mol. The minimum absolute atomic E-state index is 0.243. The van der Waals surface area contributed by atoms with Gasteiger partial charge < -0.3 is 23.9 Å². The molecule has 8 heteroatoms. The molecule has 7 nitrogen and oxygen atoms in total. The van der Waals surface area contributed by atoms with Crippen LogP contribution in [0.3, 0.4) is 0 Å². The van der Waals surface area contributed by atoms with Gasteiger partial charge >= 0.3 is 0 Å². The minimum atomic E-state index is -0.284. The quantitative estimate of drug-likeness (QED) is 0.241. The molecule has 3 aromatic carbocycles. The molecule has 1 N–H and O–H groups in total. The molecule has 1 aromatic heterocycles. The van der Waals surface area contributed by atoms with Gasteiger partial charge in [-0.3, -0.25) is 9.69 Å². The molecule has 4 aromatic rings. The lowest BCUT2D eigenvalue weighted by Crippen LogP contribution is -2.25. The topological polar surface area (TPSA) is 73.2 Å². The summed E-state index contributed by atoms with van der Waals surface area (Å²) in [5, 5.41) is 2.90. The number of carbonyl (C=O) groups excluding carboxylic acids is 1. The normalized spacial score (nSPS) is 10.9. The highest BCUT2D eigenvalue weighted by atomic mass is 19.1. The summed E-state index contributed by atoms with van der Waals surface area (Å²) in [5.41, 5.74) is 2.94. The standard InChI is InChI=1S/C31H33FN2O5/c1-36-26-10-7-23(8-11-26)19-34(20-24-5-4-6-25(32)17-24)21-27-12-14-29(39-27)31(35)33-16-15-22-9-13-28(37-2)30(18-22)38-3/h4-14,17-18H,15-16,19-21H2,1-3H3,(H,33,35). The second kappa shape index (κ2) is 13.5. The highest BCUT2D eigenvalue weighted by Crippen LogP contribution is 2.27. The Morgan fingerprint density at radius 1 is 0.795 bits per heavy atom. The number of ether oxygens (including phenoxy) is 3. The SMILES string of the molecule is COc1ccc(CN(Cc2cccc(F)c2)Cc2ccc(C(=O)NCCc3ccc(OC)c(OC)c3)o2)cc1. The van der Waals surface area contributed by atoms with Gasteiger partial charge in [-0.2, -0.15) is 0 Å². The lowest BCUT2D eigenvalue weighted by Gasteiger charge is -2.22. The van der Waals surface area contributed by atoms with E-state index in [1.807, 2.05) is 48.5 Å². The van der Waals surface area contributed by atoms with E-state index >= 15 is 0 Å². The molecule has 0 radical (unpaired) electrons. The Labute approximate surface area is 228 Å². The van der Waals surface area contributed by atoms with Crippen LogP contribution in [0.5, 0.6) is 17.2 Å². The van der Waals surface area contributed by atoms with E-state index in [1.54, 1.807) is 39.5 Å². The van der Waals surface area contributed by atoms with Crippen molar-refractivity contribution in [2.45, 2.75) is 26.1 Å². The summed E-state index contributed by atoms with van der Waals surface area (Å²) >= 11 is 0. The summed E-state index contributed by atoms with van der Waals surface area (Å²) in [7, 11) is 4.81. The van der Waals surface area contributed by atoms with Crippen LogP contribution >= 0.6 is 0 Å². The van der Waals surface area contributed by atoms with Gasteiger partial charge in [0.2, 0.25) is 0 Å². The number of nitrogens with zero attached hydrogens (tertiary/aromatic N) is 1. The number of amides is 1. The largest absolute Gasteiger partial charge is 0.497 e. The predicted octanol–water partition coefficient (Wildman–Crippen LogP) is 5.62. The molecule has 0 unspecified atom stereocenters. The summed E-state index contributed by atoms with van der Waals surface area (Å²) in [6, 6.07) is 23.5. The first-order valence-electron chi connectivity index (χ1n) is 12.6. The van der Waals surface area contributed by atoms with Gasteiger partial charge in [-0.1, -0.05) is 30.3 Å². The van der Waals surface area contributed by atoms with E-state index in [0.717, 1.165) is 22.4 Å². The maximum Gasteiger partial charge on any atom is 0.287 e. The zero-order valence-corrected chi connectivity index (χ0v) is 22.4. The third-order valence-corrected chi connectivity index (χ3v) is 6.27. The number of furan rings is 1. The number of hydrogen-bond donors (Lipinski definition) is 1. The number of halogens is 1. The molecule has 0 saturated heterocycles. The molecule has 0 saturated carbocycles. The zero-order chi connectivity index (χ0) is 27.6. The highest BCUT2D eigenvalue weighted by Gasteiger charge is 2.15. The van der Waals surface area contributed by atoms with Crippen LogP contribution in [-0.2, 0) is 26.1 Å². The number of hydrogen-bond acceptors (Lipinski definition) is 6. The third kappa shape index (κ3) is 7.85. The van der Waals surface area contributed by atoms with Gasteiger partial charge in [-0.15, -0.1) is 0 Å².